The molecule has 0 amide bonds. The summed E-state index contributed by atoms with van der Waals surface area (Å²) in [5.74, 6) is 0.335. The Kier molecular flexibility index (Phi) is 2.61. The lowest BCUT2D eigenvalue weighted by Gasteiger charge is -2.04. The van der Waals surface area contributed by atoms with E-state index in [1.54, 1.807) is 25.3 Å². The topological polar surface area (TPSA) is 28.7 Å². The summed E-state index contributed by atoms with van der Waals surface area (Å²) in [4.78, 5) is 7.13. The molecule has 0 saturated heterocycles. The molecule has 0 radical (unpaired) electrons. The minimum atomic E-state index is -0.229. The van der Waals surface area contributed by atoms with E-state index in [9.17, 15) is 4.39 Å². The normalized spacial score (nSPS) is 10.7. The van der Waals surface area contributed by atoms with Gasteiger partial charge in [0.2, 0.25) is 0 Å². The van der Waals surface area contributed by atoms with Crippen molar-refractivity contribution in [2.24, 2.45) is 0 Å². The molecule has 78 valence electrons. The summed E-state index contributed by atoms with van der Waals surface area (Å²) in [7, 11) is 0. The van der Waals surface area contributed by atoms with E-state index in [0.29, 0.717) is 17.0 Å². The van der Waals surface area contributed by atoms with Gasteiger partial charge in [0.1, 0.15) is 11.6 Å². The summed E-state index contributed by atoms with van der Waals surface area (Å²) in [5.41, 5.74) is 2.02. The van der Waals surface area contributed by atoms with Crippen LogP contribution in [0.2, 0.25) is 0 Å². The standard InChI is InChI=1S/C11H10BrFN2/c1-6-3-8(12)4-9(10(6)13)11-14-5-7(2)15-11/h3-5H,1-2H3,(H,14,15). The fourth-order valence-corrected chi connectivity index (χ4v) is 2.02. The molecular formula is C11H10BrFN2. The molecule has 1 aromatic carbocycles. The molecule has 0 aliphatic rings. The number of nitrogens with one attached hydrogen (secondary N) is 1. The molecule has 0 unspecified atom stereocenters. The summed E-state index contributed by atoms with van der Waals surface area (Å²) >= 11 is 3.34. The fourth-order valence-electron chi connectivity index (χ4n) is 1.45. The largest absolute Gasteiger partial charge is 0.342 e. The van der Waals surface area contributed by atoms with E-state index in [4.69, 9.17) is 0 Å². The summed E-state index contributed by atoms with van der Waals surface area (Å²) < 4.78 is 14.6. The Hall–Kier alpha value is -1.16. The quantitative estimate of drug-likeness (QED) is 0.841. The first-order chi connectivity index (χ1) is 7.08. The third-order valence-electron chi connectivity index (χ3n) is 2.18. The van der Waals surface area contributed by atoms with Crippen LogP contribution in [0.3, 0.4) is 0 Å². The molecule has 0 fully saturated rings. The van der Waals surface area contributed by atoms with Gasteiger partial charge in [-0.2, -0.15) is 0 Å². The van der Waals surface area contributed by atoms with Crippen LogP contribution in [0, 0.1) is 19.7 Å². The lowest BCUT2D eigenvalue weighted by atomic mass is 10.1. The molecule has 15 heavy (non-hydrogen) atoms. The van der Waals surface area contributed by atoms with E-state index < -0.39 is 0 Å². The van der Waals surface area contributed by atoms with E-state index in [1.165, 1.54) is 0 Å². The fraction of sp³-hybridized carbons (Fsp3) is 0.182. The average molecular weight is 269 g/mol. The van der Waals surface area contributed by atoms with Crippen LogP contribution in [-0.2, 0) is 0 Å². The van der Waals surface area contributed by atoms with Gasteiger partial charge in [-0.15, -0.1) is 0 Å². The zero-order valence-corrected chi connectivity index (χ0v) is 10.0. The molecule has 0 spiro atoms. The maximum atomic E-state index is 13.8. The third-order valence-corrected chi connectivity index (χ3v) is 2.64. The number of H-pyrrole nitrogens is 1. The van der Waals surface area contributed by atoms with Crippen LogP contribution < -0.4 is 0 Å². The van der Waals surface area contributed by atoms with Crippen molar-refractivity contribution in [3.05, 3.63) is 39.9 Å². The summed E-state index contributed by atoms with van der Waals surface area (Å²) in [6.45, 7) is 3.62. The lowest BCUT2D eigenvalue weighted by molar-refractivity contribution is 0.620. The highest BCUT2D eigenvalue weighted by atomic mass is 79.9. The Labute approximate surface area is 95.7 Å². The predicted molar refractivity (Wildman–Crippen MR) is 61.2 cm³/mol. The zero-order chi connectivity index (χ0) is 11.0. The number of rotatable bonds is 1. The first-order valence-electron chi connectivity index (χ1n) is 4.55. The van der Waals surface area contributed by atoms with Crippen molar-refractivity contribution in [3.63, 3.8) is 0 Å². The molecule has 1 aromatic heterocycles. The first kappa shape index (κ1) is 10.4. The number of nitrogens with zero attached hydrogens (tertiary/aromatic N) is 1. The smallest absolute Gasteiger partial charge is 0.140 e. The summed E-state index contributed by atoms with van der Waals surface area (Å²) in [6, 6.07) is 3.47. The molecule has 2 nitrogen and oxygen atoms in total. The molecule has 4 heteroatoms. The van der Waals surface area contributed by atoms with Crippen molar-refractivity contribution in [3.8, 4) is 11.4 Å². The van der Waals surface area contributed by atoms with Gasteiger partial charge in [0, 0.05) is 16.4 Å². The van der Waals surface area contributed by atoms with E-state index in [2.05, 4.69) is 25.9 Å². The highest BCUT2D eigenvalue weighted by Crippen LogP contribution is 2.26. The number of imidazole rings is 1. The Bertz CT molecular complexity index is 505. The van der Waals surface area contributed by atoms with Crippen molar-refractivity contribution < 1.29 is 4.39 Å². The van der Waals surface area contributed by atoms with Crippen molar-refractivity contribution in [1.82, 2.24) is 9.97 Å². The first-order valence-corrected chi connectivity index (χ1v) is 5.35. The molecule has 0 bridgehead atoms. The van der Waals surface area contributed by atoms with Crippen molar-refractivity contribution in [2.45, 2.75) is 13.8 Å². The number of halogens is 2. The third kappa shape index (κ3) is 1.95. The Morgan fingerprint density at radius 3 is 2.67 bits per heavy atom. The molecular weight excluding hydrogens is 259 g/mol. The van der Waals surface area contributed by atoms with E-state index >= 15 is 0 Å². The second-order valence-corrected chi connectivity index (χ2v) is 4.41. The van der Waals surface area contributed by atoms with Crippen LogP contribution in [-0.4, -0.2) is 9.97 Å². The Morgan fingerprint density at radius 2 is 2.07 bits per heavy atom. The van der Waals surface area contributed by atoms with Crippen LogP contribution >= 0.6 is 15.9 Å². The molecule has 1 heterocycles. The van der Waals surface area contributed by atoms with Crippen molar-refractivity contribution >= 4 is 15.9 Å². The average Bonchev–Trinajstić information content (AvgIpc) is 2.58. The lowest BCUT2D eigenvalue weighted by Crippen LogP contribution is -1.90. The van der Waals surface area contributed by atoms with Gasteiger partial charge in [0.05, 0.1) is 5.56 Å². The Morgan fingerprint density at radius 1 is 1.33 bits per heavy atom. The van der Waals surface area contributed by atoms with Gasteiger partial charge in [-0.25, -0.2) is 9.37 Å². The van der Waals surface area contributed by atoms with Gasteiger partial charge in [-0.1, -0.05) is 15.9 Å². The highest BCUT2D eigenvalue weighted by molar-refractivity contribution is 9.10. The SMILES string of the molecule is Cc1cnc(-c2cc(Br)cc(C)c2F)[nH]1. The number of benzene rings is 1. The van der Waals surface area contributed by atoms with Crippen molar-refractivity contribution in [2.75, 3.05) is 0 Å². The summed E-state index contributed by atoms with van der Waals surface area (Å²) in [5, 5.41) is 0. The number of hydrogen-bond acceptors (Lipinski definition) is 1. The second kappa shape index (κ2) is 3.77. The molecule has 2 aromatic rings. The molecule has 0 aliphatic heterocycles. The number of aromatic amines is 1. The van der Waals surface area contributed by atoms with Crippen LogP contribution in [0.25, 0.3) is 11.4 Å². The van der Waals surface area contributed by atoms with E-state index in [1.807, 2.05) is 6.92 Å². The molecule has 2 rings (SSSR count). The minimum Gasteiger partial charge on any atom is -0.342 e. The van der Waals surface area contributed by atoms with Crippen LogP contribution in [0.15, 0.2) is 22.8 Å². The van der Waals surface area contributed by atoms with Gasteiger partial charge in [-0.3, -0.25) is 0 Å². The molecule has 0 aliphatic carbocycles. The zero-order valence-electron chi connectivity index (χ0n) is 8.44. The van der Waals surface area contributed by atoms with E-state index in [0.717, 1.165) is 10.2 Å². The maximum Gasteiger partial charge on any atom is 0.140 e. The van der Waals surface area contributed by atoms with Gasteiger partial charge in [-0.05, 0) is 31.5 Å². The molecule has 0 atom stereocenters. The van der Waals surface area contributed by atoms with Crippen LogP contribution in [0.4, 0.5) is 4.39 Å². The second-order valence-electron chi connectivity index (χ2n) is 3.50. The van der Waals surface area contributed by atoms with E-state index in [-0.39, 0.29) is 5.82 Å². The van der Waals surface area contributed by atoms with Gasteiger partial charge in [0.15, 0.2) is 0 Å². The maximum absolute atomic E-state index is 13.8. The summed E-state index contributed by atoms with van der Waals surface area (Å²) in [6.07, 6.45) is 1.69. The number of hydrogen-bond donors (Lipinski definition) is 1. The molecule has 0 saturated carbocycles. The number of aryl methyl sites for hydroxylation is 2. The highest BCUT2D eigenvalue weighted by Gasteiger charge is 2.11. The molecule has 1 N–H and O–H groups in total. The minimum absolute atomic E-state index is 0.229. The Balaban J connectivity index is 2.62. The van der Waals surface area contributed by atoms with Crippen LogP contribution in [0.1, 0.15) is 11.3 Å². The van der Waals surface area contributed by atoms with Gasteiger partial charge < -0.3 is 4.98 Å². The monoisotopic (exact) mass is 268 g/mol. The van der Waals surface area contributed by atoms with Gasteiger partial charge >= 0.3 is 0 Å². The van der Waals surface area contributed by atoms with Crippen LogP contribution in [0.5, 0.6) is 0 Å². The number of aromatic nitrogens is 2. The predicted octanol–water partition coefficient (Wildman–Crippen LogP) is 3.60. The van der Waals surface area contributed by atoms with Crippen molar-refractivity contribution in [1.29, 1.82) is 0 Å². The van der Waals surface area contributed by atoms with Gasteiger partial charge in [0.25, 0.3) is 0 Å².